The van der Waals surface area contributed by atoms with Gasteiger partial charge in [-0.2, -0.15) is 22.0 Å². The topological polar surface area (TPSA) is 143 Å². The number of anilines is 1. The predicted molar refractivity (Wildman–Crippen MR) is 125 cm³/mol. The average molecular weight is 493 g/mol. The van der Waals surface area contributed by atoms with Crippen molar-refractivity contribution in [3.8, 4) is 0 Å². The van der Waals surface area contributed by atoms with E-state index >= 15 is 0 Å². The van der Waals surface area contributed by atoms with Gasteiger partial charge < -0.3 is 4.42 Å². The number of aliphatic imine (C=N–C) groups is 1. The molecule has 2 aliphatic rings. The Balaban J connectivity index is 1.40. The summed E-state index contributed by atoms with van der Waals surface area (Å²) in [7, 11) is 1.32. The van der Waals surface area contributed by atoms with E-state index in [1.165, 1.54) is 32.4 Å². The molecule has 1 saturated heterocycles. The summed E-state index contributed by atoms with van der Waals surface area (Å²) in [5, 5.41) is 1.44. The van der Waals surface area contributed by atoms with Crippen molar-refractivity contribution >= 4 is 27.5 Å². The summed E-state index contributed by atoms with van der Waals surface area (Å²) in [6.45, 7) is 3.18. The van der Waals surface area contributed by atoms with Crippen molar-refractivity contribution in [2.24, 2.45) is 17.9 Å². The van der Waals surface area contributed by atoms with Crippen LogP contribution in [0.5, 0.6) is 0 Å². The molecule has 0 saturated carbocycles. The molecule has 184 valence electrons. The molecule has 2 aliphatic heterocycles. The highest BCUT2D eigenvalue weighted by atomic mass is 32.2. The third kappa shape index (κ3) is 3.56. The zero-order valence-electron chi connectivity index (χ0n) is 19.3. The van der Waals surface area contributed by atoms with Crippen LogP contribution in [0.3, 0.4) is 0 Å². The first-order valence-electron chi connectivity index (χ1n) is 10.9. The van der Waals surface area contributed by atoms with Crippen LogP contribution in [0.15, 0.2) is 32.6 Å². The first kappa shape index (κ1) is 22.8. The highest BCUT2D eigenvalue weighted by Crippen LogP contribution is 2.26. The molecule has 5 heterocycles. The summed E-state index contributed by atoms with van der Waals surface area (Å²) in [4.78, 5) is 24.4. The molecule has 0 bridgehead atoms. The van der Waals surface area contributed by atoms with Crippen molar-refractivity contribution in [2.45, 2.75) is 6.54 Å². The van der Waals surface area contributed by atoms with E-state index in [9.17, 15) is 13.2 Å². The first-order valence-corrected chi connectivity index (χ1v) is 12.3. The molecule has 0 radical (unpaired) electrons. The van der Waals surface area contributed by atoms with E-state index in [4.69, 9.17) is 10.3 Å². The molecule has 0 aliphatic carbocycles. The van der Waals surface area contributed by atoms with Gasteiger partial charge in [-0.05, 0) is 12.1 Å². The van der Waals surface area contributed by atoms with Gasteiger partial charge in [-0.3, -0.25) is 19.5 Å². The number of piperazine rings is 1. The average Bonchev–Trinajstić information content (AvgIpc) is 3.52. The standard InChI is InChI=1S/C19H28N10O4S/c1-23(2)34(31,32)26-9-6-25(7-10-26)8-11-27-18-22-17-16(29(18)24(3)19(27)30)15(21-13-28(17)20)14-5-4-12-33-14/h4-5,12H,6-11,13,20H2,1-3H3. The van der Waals surface area contributed by atoms with E-state index in [0.717, 1.165) is 0 Å². The molecular weight excluding hydrogens is 464 g/mol. The van der Waals surface area contributed by atoms with Gasteiger partial charge in [-0.25, -0.2) is 19.8 Å². The lowest BCUT2D eigenvalue weighted by Gasteiger charge is -2.35. The van der Waals surface area contributed by atoms with E-state index in [2.05, 4.69) is 14.9 Å². The van der Waals surface area contributed by atoms with Crippen molar-refractivity contribution in [3.05, 3.63) is 40.3 Å². The lowest BCUT2D eigenvalue weighted by Crippen LogP contribution is -2.52. The Kier molecular flexibility index (Phi) is 5.60. The largest absolute Gasteiger partial charge is 0.463 e. The van der Waals surface area contributed by atoms with Crippen LogP contribution in [0.1, 0.15) is 11.5 Å². The Hall–Kier alpha value is -2.98. The summed E-state index contributed by atoms with van der Waals surface area (Å²) >= 11 is 0. The number of furan rings is 1. The molecule has 3 aromatic rings. The number of nitrogens with two attached hydrogens (primary N) is 1. The second-order valence-electron chi connectivity index (χ2n) is 8.48. The highest BCUT2D eigenvalue weighted by Gasteiger charge is 2.32. The maximum atomic E-state index is 13.1. The number of hydrogen-bond donors (Lipinski definition) is 1. The van der Waals surface area contributed by atoms with Crippen LogP contribution >= 0.6 is 0 Å². The van der Waals surface area contributed by atoms with E-state index in [0.29, 0.717) is 68.0 Å². The van der Waals surface area contributed by atoms with E-state index in [1.54, 1.807) is 34.5 Å². The summed E-state index contributed by atoms with van der Waals surface area (Å²) in [6.07, 6.45) is 1.57. The first-order chi connectivity index (χ1) is 16.2. The Morgan fingerprint density at radius 3 is 2.56 bits per heavy atom. The molecular formula is C19H28N10O4S. The van der Waals surface area contributed by atoms with E-state index in [-0.39, 0.29) is 12.4 Å². The molecule has 34 heavy (non-hydrogen) atoms. The molecule has 0 aromatic carbocycles. The minimum Gasteiger partial charge on any atom is -0.463 e. The van der Waals surface area contributed by atoms with Crippen molar-refractivity contribution in [1.82, 2.24) is 32.3 Å². The Morgan fingerprint density at radius 1 is 1.18 bits per heavy atom. The Morgan fingerprint density at radius 2 is 1.91 bits per heavy atom. The second kappa shape index (κ2) is 8.35. The van der Waals surface area contributed by atoms with Gasteiger partial charge >= 0.3 is 5.69 Å². The number of nitrogens with zero attached hydrogens (tertiary/aromatic N) is 9. The van der Waals surface area contributed by atoms with Crippen LogP contribution < -0.4 is 16.5 Å². The van der Waals surface area contributed by atoms with Gasteiger partial charge in [0.1, 0.15) is 18.1 Å². The van der Waals surface area contributed by atoms with Gasteiger partial charge in [0.2, 0.25) is 5.78 Å². The van der Waals surface area contributed by atoms with Crippen LogP contribution in [0.4, 0.5) is 5.82 Å². The SMILES string of the molecule is CN(C)S(=O)(=O)N1CCN(CCn2c(=O)n(C)n3c4c(nc23)N(N)CN=C4c2ccco2)CC1. The summed E-state index contributed by atoms with van der Waals surface area (Å²) in [5.74, 6) is 7.69. The van der Waals surface area contributed by atoms with Gasteiger partial charge in [-0.15, -0.1) is 0 Å². The lowest BCUT2D eigenvalue weighted by atomic mass is 10.2. The molecule has 3 aromatic heterocycles. The quantitative estimate of drug-likeness (QED) is 0.403. The van der Waals surface area contributed by atoms with Crippen LogP contribution in [-0.2, 0) is 23.8 Å². The van der Waals surface area contributed by atoms with Gasteiger partial charge in [0, 0.05) is 60.4 Å². The van der Waals surface area contributed by atoms with Crippen molar-refractivity contribution in [3.63, 3.8) is 0 Å². The zero-order valence-corrected chi connectivity index (χ0v) is 20.1. The second-order valence-corrected chi connectivity index (χ2v) is 10.6. The molecule has 0 unspecified atom stereocenters. The molecule has 5 rings (SSSR count). The molecule has 1 fully saturated rings. The maximum absolute atomic E-state index is 13.1. The maximum Gasteiger partial charge on any atom is 0.345 e. The van der Waals surface area contributed by atoms with Gasteiger partial charge in [0.25, 0.3) is 10.2 Å². The molecule has 2 N–H and O–H groups in total. The van der Waals surface area contributed by atoms with Crippen LogP contribution in [0.2, 0.25) is 0 Å². The van der Waals surface area contributed by atoms with Crippen LogP contribution in [0.25, 0.3) is 5.78 Å². The number of rotatable bonds is 6. The van der Waals surface area contributed by atoms with Crippen molar-refractivity contribution in [1.29, 1.82) is 0 Å². The fourth-order valence-corrected chi connectivity index (χ4v) is 5.44. The number of hydrogen-bond acceptors (Lipinski definition) is 9. The predicted octanol–water partition coefficient (Wildman–Crippen LogP) is -1.66. The minimum absolute atomic E-state index is 0.216. The number of aryl methyl sites for hydroxylation is 1. The number of fused-ring (bicyclic) bond motifs is 3. The van der Waals surface area contributed by atoms with E-state index < -0.39 is 10.2 Å². The van der Waals surface area contributed by atoms with Crippen molar-refractivity contribution < 1.29 is 12.8 Å². The Labute approximate surface area is 196 Å². The van der Waals surface area contributed by atoms with Gasteiger partial charge in [-0.1, -0.05) is 0 Å². The lowest BCUT2D eigenvalue weighted by molar-refractivity contribution is 0.178. The summed E-state index contributed by atoms with van der Waals surface area (Å²) in [6, 6.07) is 3.58. The number of aromatic nitrogens is 4. The summed E-state index contributed by atoms with van der Waals surface area (Å²) in [5.41, 5.74) is 0.965. The zero-order chi connectivity index (χ0) is 24.2. The fourth-order valence-electron chi connectivity index (χ4n) is 4.35. The van der Waals surface area contributed by atoms with Crippen molar-refractivity contribution in [2.75, 3.05) is 58.5 Å². The monoisotopic (exact) mass is 492 g/mol. The van der Waals surface area contributed by atoms with E-state index in [1.807, 2.05) is 0 Å². The minimum atomic E-state index is -3.42. The molecule has 0 atom stereocenters. The normalized spacial score (nSPS) is 18.1. The number of hydrazine groups is 1. The smallest absolute Gasteiger partial charge is 0.345 e. The highest BCUT2D eigenvalue weighted by molar-refractivity contribution is 7.86. The van der Waals surface area contributed by atoms with Crippen LogP contribution in [-0.4, -0.2) is 99.9 Å². The third-order valence-corrected chi connectivity index (χ3v) is 8.20. The molecule has 0 amide bonds. The van der Waals surface area contributed by atoms with Gasteiger partial charge in [0.05, 0.1) is 6.26 Å². The molecule has 15 heteroatoms. The Bertz CT molecular complexity index is 1390. The van der Waals surface area contributed by atoms with Gasteiger partial charge in [0.15, 0.2) is 11.6 Å². The molecule has 0 spiro atoms. The third-order valence-electron chi connectivity index (χ3n) is 6.26. The number of imidazole rings is 1. The fraction of sp³-hybridized carbons (Fsp3) is 0.526. The summed E-state index contributed by atoms with van der Waals surface area (Å²) < 4.78 is 37.7. The van der Waals surface area contributed by atoms with Crippen LogP contribution in [0, 0.1) is 0 Å². The molecule has 14 nitrogen and oxygen atoms in total.